The molecular weight excluding hydrogens is 306 g/mol. The molecule has 24 heavy (non-hydrogen) atoms. The van der Waals surface area contributed by atoms with Gasteiger partial charge in [0.1, 0.15) is 11.5 Å². The van der Waals surface area contributed by atoms with Crippen LogP contribution in [-0.4, -0.2) is 42.7 Å². The van der Waals surface area contributed by atoms with Crippen LogP contribution < -0.4 is 9.64 Å². The Morgan fingerprint density at radius 3 is 2.50 bits per heavy atom. The summed E-state index contributed by atoms with van der Waals surface area (Å²) in [6.07, 6.45) is 3.01. The molecule has 0 bridgehead atoms. The maximum Gasteiger partial charge on any atom is 0.274 e. The van der Waals surface area contributed by atoms with E-state index in [1.165, 1.54) is 5.01 Å². The first-order chi connectivity index (χ1) is 11.5. The number of benzene rings is 1. The Bertz CT molecular complexity index is 665. The Morgan fingerprint density at radius 2 is 1.96 bits per heavy atom. The zero-order chi connectivity index (χ0) is 17.3. The normalized spacial score (nSPS) is 18.9. The van der Waals surface area contributed by atoms with Crippen LogP contribution in [0.2, 0.25) is 0 Å². The van der Waals surface area contributed by atoms with E-state index in [9.17, 15) is 9.59 Å². The van der Waals surface area contributed by atoms with Gasteiger partial charge >= 0.3 is 0 Å². The first-order valence-corrected chi connectivity index (χ1v) is 8.33. The fourth-order valence-electron chi connectivity index (χ4n) is 3.03. The van der Waals surface area contributed by atoms with Gasteiger partial charge < -0.3 is 9.64 Å². The summed E-state index contributed by atoms with van der Waals surface area (Å²) in [5.74, 6) is 1.11. The van der Waals surface area contributed by atoms with Crippen LogP contribution >= 0.6 is 0 Å². The van der Waals surface area contributed by atoms with Crippen LogP contribution in [-0.2, 0) is 9.59 Å². The minimum atomic E-state index is -0.112. The van der Waals surface area contributed by atoms with Gasteiger partial charge in [-0.3, -0.25) is 9.59 Å². The quantitative estimate of drug-likeness (QED) is 0.833. The molecule has 0 aromatic heterocycles. The second-order valence-corrected chi connectivity index (χ2v) is 6.42. The maximum atomic E-state index is 13.1. The number of hydrogen-bond donors (Lipinski definition) is 0. The molecule has 1 saturated carbocycles. The highest BCUT2D eigenvalue weighted by molar-refractivity contribution is 6.44. The highest BCUT2D eigenvalue weighted by Crippen LogP contribution is 2.37. The van der Waals surface area contributed by atoms with Crippen molar-refractivity contribution < 1.29 is 14.3 Å². The van der Waals surface area contributed by atoms with Crippen LogP contribution in [0.3, 0.4) is 0 Å². The summed E-state index contributed by atoms with van der Waals surface area (Å²) in [5, 5.41) is 5.46. The SMILES string of the molecule is COc1ccc(N(C(=O)C2=NN(C)C(=O)CC2)[C@@H](C)C2CC2)cc1. The van der Waals surface area contributed by atoms with E-state index in [0.717, 1.165) is 24.3 Å². The number of anilines is 1. The van der Waals surface area contributed by atoms with Crippen molar-refractivity contribution >= 4 is 23.2 Å². The summed E-state index contributed by atoms with van der Waals surface area (Å²) in [6.45, 7) is 2.08. The largest absolute Gasteiger partial charge is 0.497 e. The predicted molar refractivity (Wildman–Crippen MR) is 92.1 cm³/mol. The van der Waals surface area contributed by atoms with E-state index in [4.69, 9.17) is 4.74 Å². The molecule has 0 saturated heterocycles. The molecule has 2 aliphatic rings. The number of carbonyl (C=O) groups excluding carboxylic acids is 2. The van der Waals surface area contributed by atoms with Crippen molar-refractivity contribution in [3.8, 4) is 5.75 Å². The van der Waals surface area contributed by atoms with Crippen LogP contribution in [0.1, 0.15) is 32.6 Å². The molecule has 2 amide bonds. The number of amides is 2. The molecule has 3 rings (SSSR count). The Balaban J connectivity index is 1.90. The van der Waals surface area contributed by atoms with Crippen molar-refractivity contribution in [2.75, 3.05) is 19.1 Å². The zero-order valence-electron chi connectivity index (χ0n) is 14.4. The third kappa shape index (κ3) is 3.27. The maximum absolute atomic E-state index is 13.1. The molecule has 1 aromatic rings. The minimum absolute atomic E-state index is 0.0576. The van der Waals surface area contributed by atoms with Crippen molar-refractivity contribution in [1.82, 2.24) is 5.01 Å². The van der Waals surface area contributed by atoms with E-state index in [2.05, 4.69) is 12.0 Å². The first kappa shape index (κ1) is 16.5. The smallest absolute Gasteiger partial charge is 0.274 e. The average Bonchev–Trinajstić information content (AvgIpc) is 3.43. The molecule has 1 atom stereocenters. The van der Waals surface area contributed by atoms with Crippen LogP contribution in [0.5, 0.6) is 5.75 Å². The van der Waals surface area contributed by atoms with E-state index in [1.807, 2.05) is 29.2 Å². The number of ether oxygens (including phenoxy) is 1. The van der Waals surface area contributed by atoms with E-state index in [-0.39, 0.29) is 17.9 Å². The van der Waals surface area contributed by atoms with Crippen molar-refractivity contribution in [3.05, 3.63) is 24.3 Å². The number of hydrazone groups is 1. The lowest BCUT2D eigenvalue weighted by Crippen LogP contribution is -2.46. The third-order valence-electron chi connectivity index (χ3n) is 4.74. The number of nitrogens with zero attached hydrogens (tertiary/aromatic N) is 3. The minimum Gasteiger partial charge on any atom is -0.497 e. The number of carbonyl (C=O) groups is 2. The van der Waals surface area contributed by atoms with Gasteiger partial charge in [0.05, 0.1) is 7.11 Å². The van der Waals surface area contributed by atoms with Crippen molar-refractivity contribution in [1.29, 1.82) is 0 Å². The fraction of sp³-hybridized carbons (Fsp3) is 0.500. The zero-order valence-corrected chi connectivity index (χ0v) is 14.4. The predicted octanol–water partition coefficient (Wildman–Crippen LogP) is 2.43. The summed E-state index contributed by atoms with van der Waals surface area (Å²) in [6, 6.07) is 7.61. The second kappa shape index (κ2) is 6.63. The van der Waals surface area contributed by atoms with E-state index in [1.54, 1.807) is 14.2 Å². The Kier molecular flexibility index (Phi) is 4.55. The molecule has 1 aliphatic carbocycles. The van der Waals surface area contributed by atoms with Gasteiger partial charge in [-0.2, -0.15) is 5.10 Å². The second-order valence-electron chi connectivity index (χ2n) is 6.42. The van der Waals surface area contributed by atoms with Crippen LogP contribution in [0.4, 0.5) is 5.69 Å². The summed E-state index contributed by atoms with van der Waals surface area (Å²) < 4.78 is 5.20. The highest BCUT2D eigenvalue weighted by Gasteiger charge is 2.37. The number of hydrogen-bond acceptors (Lipinski definition) is 4. The van der Waals surface area contributed by atoms with Crippen molar-refractivity contribution in [3.63, 3.8) is 0 Å². The molecule has 128 valence electrons. The van der Waals surface area contributed by atoms with Gasteiger partial charge in [-0.15, -0.1) is 0 Å². The molecule has 1 heterocycles. The Labute approximate surface area is 142 Å². The Hall–Kier alpha value is -2.37. The van der Waals surface area contributed by atoms with Crippen LogP contribution in [0.15, 0.2) is 29.4 Å². The standard InChI is InChI=1S/C18H23N3O3/c1-12(13-4-5-13)21(14-6-8-15(24-3)9-7-14)18(23)16-10-11-17(22)20(2)19-16/h6-9,12-13H,4-5,10-11H2,1-3H3/t12-/m0/s1. The molecule has 6 heteroatoms. The van der Waals surface area contributed by atoms with Gasteiger partial charge in [-0.05, 0) is 49.9 Å². The van der Waals surface area contributed by atoms with E-state index < -0.39 is 0 Å². The molecule has 6 nitrogen and oxygen atoms in total. The third-order valence-corrected chi connectivity index (χ3v) is 4.74. The number of rotatable bonds is 5. The van der Waals surface area contributed by atoms with Crippen molar-refractivity contribution in [2.24, 2.45) is 11.0 Å². The molecule has 0 spiro atoms. The van der Waals surface area contributed by atoms with E-state index in [0.29, 0.717) is 24.5 Å². The molecule has 0 radical (unpaired) electrons. The monoisotopic (exact) mass is 329 g/mol. The molecule has 0 N–H and O–H groups in total. The lowest BCUT2D eigenvalue weighted by atomic mass is 10.1. The molecule has 1 aliphatic heterocycles. The van der Waals surface area contributed by atoms with Crippen molar-refractivity contribution in [2.45, 2.75) is 38.6 Å². The topological polar surface area (TPSA) is 62.2 Å². The number of methoxy groups -OCH3 is 1. The molecule has 1 fully saturated rings. The summed E-state index contributed by atoms with van der Waals surface area (Å²) >= 11 is 0. The lowest BCUT2D eigenvalue weighted by Gasteiger charge is -2.31. The summed E-state index contributed by atoms with van der Waals surface area (Å²) in [4.78, 5) is 26.5. The lowest BCUT2D eigenvalue weighted by molar-refractivity contribution is -0.130. The van der Waals surface area contributed by atoms with Gasteiger partial charge in [0.25, 0.3) is 5.91 Å². The summed E-state index contributed by atoms with van der Waals surface area (Å²) in [5.41, 5.74) is 1.28. The van der Waals surface area contributed by atoms with Crippen LogP contribution in [0.25, 0.3) is 0 Å². The fourth-order valence-corrected chi connectivity index (χ4v) is 3.03. The van der Waals surface area contributed by atoms with Crippen LogP contribution in [0, 0.1) is 5.92 Å². The highest BCUT2D eigenvalue weighted by atomic mass is 16.5. The molecule has 1 aromatic carbocycles. The van der Waals surface area contributed by atoms with E-state index >= 15 is 0 Å². The first-order valence-electron chi connectivity index (χ1n) is 8.33. The van der Waals surface area contributed by atoms with Gasteiger partial charge in [0.15, 0.2) is 0 Å². The molecule has 0 unspecified atom stereocenters. The van der Waals surface area contributed by atoms with Gasteiger partial charge in [0.2, 0.25) is 5.91 Å². The Morgan fingerprint density at radius 1 is 1.29 bits per heavy atom. The molecular formula is C18H23N3O3. The van der Waals surface area contributed by atoms with Gasteiger partial charge in [-0.25, -0.2) is 5.01 Å². The average molecular weight is 329 g/mol. The van der Waals surface area contributed by atoms with Gasteiger partial charge in [0, 0.05) is 31.6 Å². The summed E-state index contributed by atoms with van der Waals surface area (Å²) in [7, 11) is 3.21. The van der Waals surface area contributed by atoms with Gasteiger partial charge in [-0.1, -0.05) is 0 Å².